The average Bonchev–Trinajstić information content (AvgIpc) is 2.08. The van der Waals surface area contributed by atoms with Crippen molar-refractivity contribution in [3.05, 3.63) is 0 Å². The Hall–Kier alpha value is -0.120. The van der Waals surface area contributed by atoms with E-state index in [9.17, 15) is 0 Å². The van der Waals surface area contributed by atoms with Gasteiger partial charge in [-0.25, -0.2) is 0 Å². The molecule has 0 aromatic carbocycles. The van der Waals surface area contributed by atoms with E-state index in [1.54, 1.807) is 0 Å². The van der Waals surface area contributed by atoms with Crippen molar-refractivity contribution in [3.8, 4) is 0 Å². The Balaban J connectivity index is 2.15. The van der Waals surface area contributed by atoms with Gasteiger partial charge < -0.3 is 15.3 Å². The molecular weight excluding hydrogens is 168 g/mol. The third kappa shape index (κ3) is 3.25. The van der Waals surface area contributed by atoms with Gasteiger partial charge in [0, 0.05) is 6.61 Å². The topological polar surface area (TPSA) is 60.7 Å². The van der Waals surface area contributed by atoms with Crippen molar-refractivity contribution in [1.82, 2.24) is 0 Å². The summed E-state index contributed by atoms with van der Waals surface area (Å²) in [6.45, 7) is 0.0611. The number of rotatable bonds is 6. The van der Waals surface area contributed by atoms with Crippen molar-refractivity contribution in [3.63, 3.8) is 0 Å². The molecule has 0 aromatic heterocycles. The molecule has 0 amide bonds. The molecule has 0 aromatic rings. The minimum absolute atomic E-state index is 0.164. The zero-order valence-electron chi connectivity index (χ0n) is 8.02. The predicted octanol–water partition coefficient (Wildman–Crippen LogP) is 0.528. The highest BCUT2D eigenvalue weighted by Crippen LogP contribution is 2.35. The van der Waals surface area contributed by atoms with Crippen LogP contribution in [0.5, 0.6) is 0 Å². The highest BCUT2D eigenvalue weighted by Gasteiger charge is 2.26. The van der Waals surface area contributed by atoms with Gasteiger partial charge in [-0.1, -0.05) is 19.3 Å². The summed E-state index contributed by atoms with van der Waals surface area (Å²) in [6.07, 6.45) is 4.57. The van der Waals surface area contributed by atoms with E-state index in [-0.39, 0.29) is 13.2 Å². The van der Waals surface area contributed by atoms with E-state index in [1.165, 1.54) is 19.3 Å². The summed E-state index contributed by atoms with van der Waals surface area (Å²) >= 11 is 0. The number of hydrogen-bond donors (Lipinski definition) is 3. The SMILES string of the molecule is OCC(O)CCC(CO)C1CCC1. The van der Waals surface area contributed by atoms with Crippen LogP contribution in [0.3, 0.4) is 0 Å². The van der Waals surface area contributed by atoms with Crippen LogP contribution in [0.25, 0.3) is 0 Å². The average molecular weight is 188 g/mol. The Labute approximate surface area is 79.4 Å². The van der Waals surface area contributed by atoms with Gasteiger partial charge in [0.05, 0.1) is 12.7 Å². The molecule has 1 fully saturated rings. The lowest BCUT2D eigenvalue weighted by molar-refractivity contribution is 0.0614. The summed E-state index contributed by atoms with van der Waals surface area (Å²) in [5.74, 6) is 1.01. The van der Waals surface area contributed by atoms with Crippen LogP contribution in [-0.2, 0) is 0 Å². The van der Waals surface area contributed by atoms with Crippen molar-refractivity contribution in [2.45, 2.75) is 38.2 Å². The monoisotopic (exact) mass is 188 g/mol. The molecule has 0 radical (unpaired) electrons. The van der Waals surface area contributed by atoms with Crippen molar-refractivity contribution in [2.24, 2.45) is 11.8 Å². The lowest BCUT2D eigenvalue weighted by atomic mass is 9.74. The van der Waals surface area contributed by atoms with Gasteiger partial charge in [-0.3, -0.25) is 0 Å². The van der Waals surface area contributed by atoms with Crippen LogP contribution in [0.1, 0.15) is 32.1 Å². The molecule has 3 heteroatoms. The minimum Gasteiger partial charge on any atom is -0.396 e. The second-order valence-corrected chi connectivity index (χ2v) is 4.05. The summed E-state index contributed by atoms with van der Waals surface area (Å²) in [5, 5.41) is 26.9. The lowest BCUT2D eigenvalue weighted by Gasteiger charge is -2.33. The molecule has 3 N–H and O–H groups in total. The molecule has 0 bridgehead atoms. The molecular formula is C10H20O3. The zero-order chi connectivity index (χ0) is 9.68. The second kappa shape index (κ2) is 5.58. The van der Waals surface area contributed by atoms with E-state index >= 15 is 0 Å². The molecule has 1 saturated carbocycles. The maximum atomic E-state index is 9.14. The largest absolute Gasteiger partial charge is 0.396 e. The smallest absolute Gasteiger partial charge is 0.0771 e. The highest BCUT2D eigenvalue weighted by atomic mass is 16.3. The van der Waals surface area contributed by atoms with Crippen LogP contribution in [0.2, 0.25) is 0 Å². The van der Waals surface area contributed by atoms with Crippen LogP contribution in [0.4, 0.5) is 0 Å². The third-order valence-corrected chi connectivity index (χ3v) is 3.13. The predicted molar refractivity (Wildman–Crippen MR) is 50.2 cm³/mol. The van der Waals surface area contributed by atoms with Gasteiger partial charge in [0.2, 0.25) is 0 Å². The van der Waals surface area contributed by atoms with Gasteiger partial charge >= 0.3 is 0 Å². The molecule has 1 aliphatic rings. The molecule has 2 unspecified atom stereocenters. The van der Waals surface area contributed by atoms with E-state index in [2.05, 4.69) is 0 Å². The first-order valence-corrected chi connectivity index (χ1v) is 5.17. The molecule has 3 nitrogen and oxygen atoms in total. The highest BCUT2D eigenvalue weighted by molar-refractivity contribution is 4.77. The lowest BCUT2D eigenvalue weighted by Crippen LogP contribution is -2.26. The molecule has 13 heavy (non-hydrogen) atoms. The molecule has 78 valence electrons. The maximum absolute atomic E-state index is 9.14. The summed E-state index contributed by atoms with van der Waals surface area (Å²) in [7, 11) is 0. The fraction of sp³-hybridized carbons (Fsp3) is 1.00. The Kier molecular flexibility index (Phi) is 4.70. The van der Waals surface area contributed by atoms with Crippen LogP contribution >= 0.6 is 0 Å². The van der Waals surface area contributed by atoms with Gasteiger partial charge in [-0.2, -0.15) is 0 Å². The van der Waals surface area contributed by atoms with Crippen molar-refractivity contribution < 1.29 is 15.3 Å². The van der Waals surface area contributed by atoms with E-state index in [1.807, 2.05) is 0 Å². The molecule has 0 aliphatic heterocycles. The van der Waals surface area contributed by atoms with Gasteiger partial charge in [0.15, 0.2) is 0 Å². The zero-order valence-corrected chi connectivity index (χ0v) is 8.02. The van der Waals surface area contributed by atoms with Crippen molar-refractivity contribution >= 4 is 0 Å². The first-order valence-electron chi connectivity index (χ1n) is 5.17. The van der Waals surface area contributed by atoms with Crippen molar-refractivity contribution in [2.75, 3.05) is 13.2 Å². The molecule has 0 heterocycles. The van der Waals surface area contributed by atoms with Crippen molar-refractivity contribution in [1.29, 1.82) is 0 Å². The molecule has 0 saturated heterocycles. The van der Waals surface area contributed by atoms with Crippen LogP contribution in [0, 0.1) is 11.8 Å². The maximum Gasteiger partial charge on any atom is 0.0771 e. The second-order valence-electron chi connectivity index (χ2n) is 4.05. The summed E-state index contributed by atoms with van der Waals surface area (Å²) < 4.78 is 0. The third-order valence-electron chi connectivity index (χ3n) is 3.13. The Morgan fingerprint density at radius 3 is 2.15 bits per heavy atom. The fourth-order valence-electron chi connectivity index (χ4n) is 1.89. The molecule has 2 atom stereocenters. The number of hydrogen-bond acceptors (Lipinski definition) is 3. The van der Waals surface area contributed by atoms with Gasteiger partial charge in [-0.05, 0) is 24.7 Å². The molecule has 1 rings (SSSR count). The summed E-state index contributed by atoms with van der Waals surface area (Å²) in [4.78, 5) is 0. The fourth-order valence-corrected chi connectivity index (χ4v) is 1.89. The first kappa shape index (κ1) is 11.0. The Morgan fingerprint density at radius 2 is 1.77 bits per heavy atom. The van der Waals surface area contributed by atoms with Crippen LogP contribution < -0.4 is 0 Å². The molecule has 0 spiro atoms. The number of aliphatic hydroxyl groups is 3. The minimum atomic E-state index is -0.603. The van der Waals surface area contributed by atoms with E-state index in [0.717, 1.165) is 6.42 Å². The summed E-state index contributed by atoms with van der Waals surface area (Å²) in [5.41, 5.74) is 0. The standard InChI is InChI=1S/C10H20O3/c11-6-9(8-2-1-3-8)4-5-10(13)7-12/h8-13H,1-7H2. The van der Waals surface area contributed by atoms with Gasteiger partial charge in [0.25, 0.3) is 0 Å². The normalized spacial score (nSPS) is 22.4. The van der Waals surface area contributed by atoms with E-state index < -0.39 is 6.10 Å². The Bertz CT molecular complexity index is 134. The van der Waals surface area contributed by atoms with Crippen LogP contribution in [0.15, 0.2) is 0 Å². The number of aliphatic hydroxyl groups excluding tert-OH is 3. The Morgan fingerprint density at radius 1 is 1.08 bits per heavy atom. The first-order chi connectivity index (χ1) is 6.27. The van der Waals surface area contributed by atoms with Gasteiger partial charge in [0.1, 0.15) is 0 Å². The molecule has 1 aliphatic carbocycles. The quantitative estimate of drug-likeness (QED) is 0.570. The van der Waals surface area contributed by atoms with E-state index in [4.69, 9.17) is 15.3 Å². The van der Waals surface area contributed by atoms with Crippen LogP contribution in [-0.4, -0.2) is 34.6 Å². The van der Waals surface area contributed by atoms with Gasteiger partial charge in [-0.15, -0.1) is 0 Å². The summed E-state index contributed by atoms with van der Waals surface area (Å²) in [6, 6.07) is 0. The van der Waals surface area contributed by atoms with E-state index in [0.29, 0.717) is 18.3 Å².